The van der Waals surface area contributed by atoms with Crippen molar-refractivity contribution in [3.8, 4) is 17.5 Å². The third-order valence-corrected chi connectivity index (χ3v) is 4.29. The number of benzene rings is 2. The Morgan fingerprint density at radius 2 is 2.00 bits per heavy atom. The van der Waals surface area contributed by atoms with Crippen molar-refractivity contribution >= 4 is 23.4 Å². The molecule has 0 fully saturated rings. The summed E-state index contributed by atoms with van der Waals surface area (Å²) in [6.45, 7) is 2.02. The molecule has 1 aromatic heterocycles. The Kier molecular flexibility index (Phi) is 5.11. The topological polar surface area (TPSA) is 94.5 Å². The Balaban J connectivity index is 1.59. The molecule has 0 unspecified atom stereocenters. The molecule has 0 atom stereocenters. The second-order valence-corrected chi connectivity index (χ2v) is 6.27. The number of carbonyl (C=O) groups is 1. The molecule has 1 heterocycles. The molecule has 0 saturated heterocycles. The summed E-state index contributed by atoms with van der Waals surface area (Å²) in [5.74, 6) is 0.609. The van der Waals surface area contributed by atoms with E-state index >= 15 is 0 Å². The molecule has 0 aliphatic rings. The van der Waals surface area contributed by atoms with Crippen molar-refractivity contribution < 1.29 is 4.79 Å². The van der Waals surface area contributed by atoms with Crippen LogP contribution in [0.4, 0.5) is 5.69 Å². The number of nitrogens with zero attached hydrogens (tertiary/aromatic N) is 3. The van der Waals surface area contributed by atoms with Gasteiger partial charge in [-0.3, -0.25) is 9.89 Å². The number of hydrogen-bond donors (Lipinski definition) is 2. The van der Waals surface area contributed by atoms with Gasteiger partial charge in [0.1, 0.15) is 6.07 Å². The summed E-state index contributed by atoms with van der Waals surface area (Å²) in [5, 5.41) is 19.3. The Bertz CT molecular complexity index is 927. The third-order valence-electron chi connectivity index (χ3n) is 3.44. The fourth-order valence-electron chi connectivity index (χ4n) is 2.16. The predicted molar refractivity (Wildman–Crippen MR) is 97.1 cm³/mol. The standard InChI is InChI=1S/C18H15N5OS/c1-12-6-8-13(9-7-12)17-21-18(23-22-17)25-11-16(24)20-15-5-3-2-4-14(15)10-19/h2-9H,11H2,1H3,(H,20,24)(H,21,22,23). The first-order chi connectivity index (χ1) is 12.2. The van der Waals surface area contributed by atoms with Crippen LogP contribution in [-0.4, -0.2) is 26.8 Å². The van der Waals surface area contributed by atoms with Crippen molar-refractivity contribution in [2.75, 3.05) is 11.1 Å². The quantitative estimate of drug-likeness (QED) is 0.689. The number of thioether (sulfide) groups is 1. The summed E-state index contributed by atoms with van der Waals surface area (Å²) in [5.41, 5.74) is 3.05. The van der Waals surface area contributed by atoms with E-state index in [0.717, 1.165) is 5.56 Å². The Hall–Kier alpha value is -3.11. The summed E-state index contributed by atoms with van der Waals surface area (Å²) in [6, 6.07) is 16.9. The van der Waals surface area contributed by atoms with Gasteiger partial charge in [-0.15, -0.1) is 5.10 Å². The van der Waals surface area contributed by atoms with Crippen LogP contribution in [-0.2, 0) is 4.79 Å². The number of nitriles is 1. The number of aromatic amines is 1. The molecule has 2 N–H and O–H groups in total. The molecule has 0 aliphatic heterocycles. The van der Waals surface area contributed by atoms with Crippen LogP contribution < -0.4 is 5.32 Å². The molecule has 0 radical (unpaired) electrons. The van der Waals surface area contributed by atoms with E-state index < -0.39 is 0 Å². The summed E-state index contributed by atoms with van der Waals surface area (Å²) < 4.78 is 0. The van der Waals surface area contributed by atoms with Gasteiger partial charge in [0, 0.05) is 5.56 Å². The van der Waals surface area contributed by atoms with Gasteiger partial charge in [-0.1, -0.05) is 53.7 Å². The number of anilines is 1. The number of nitrogens with one attached hydrogen (secondary N) is 2. The molecular weight excluding hydrogens is 334 g/mol. The van der Waals surface area contributed by atoms with Crippen LogP contribution in [0.2, 0.25) is 0 Å². The minimum absolute atomic E-state index is 0.158. The Morgan fingerprint density at radius 1 is 1.24 bits per heavy atom. The number of aromatic nitrogens is 3. The monoisotopic (exact) mass is 349 g/mol. The van der Waals surface area contributed by atoms with Crippen LogP contribution in [0.3, 0.4) is 0 Å². The molecule has 3 aromatic rings. The second kappa shape index (κ2) is 7.64. The molecule has 3 rings (SSSR count). The Labute approximate surface area is 149 Å². The lowest BCUT2D eigenvalue weighted by atomic mass is 10.1. The highest BCUT2D eigenvalue weighted by atomic mass is 32.2. The van der Waals surface area contributed by atoms with Crippen molar-refractivity contribution in [1.29, 1.82) is 5.26 Å². The van der Waals surface area contributed by atoms with E-state index in [4.69, 9.17) is 5.26 Å². The van der Waals surface area contributed by atoms with Crippen LogP contribution in [0.25, 0.3) is 11.4 Å². The zero-order chi connectivity index (χ0) is 17.6. The first-order valence-electron chi connectivity index (χ1n) is 7.57. The average Bonchev–Trinajstić information content (AvgIpc) is 3.10. The largest absolute Gasteiger partial charge is 0.324 e. The van der Waals surface area contributed by atoms with Gasteiger partial charge in [-0.2, -0.15) is 5.26 Å². The second-order valence-electron chi connectivity index (χ2n) is 5.33. The van der Waals surface area contributed by atoms with E-state index in [9.17, 15) is 4.79 Å². The van der Waals surface area contributed by atoms with Crippen LogP contribution in [0.15, 0.2) is 53.7 Å². The molecule has 2 aromatic carbocycles. The summed E-state index contributed by atoms with van der Waals surface area (Å²) in [7, 11) is 0. The van der Waals surface area contributed by atoms with Crippen molar-refractivity contribution in [3.05, 3.63) is 59.7 Å². The van der Waals surface area contributed by atoms with Gasteiger partial charge >= 0.3 is 0 Å². The van der Waals surface area contributed by atoms with Gasteiger partial charge in [0.25, 0.3) is 0 Å². The van der Waals surface area contributed by atoms with Gasteiger partial charge < -0.3 is 5.32 Å². The lowest BCUT2D eigenvalue weighted by Gasteiger charge is -2.05. The first kappa shape index (κ1) is 16.7. The fraction of sp³-hybridized carbons (Fsp3) is 0.111. The minimum Gasteiger partial charge on any atom is -0.324 e. The molecule has 6 nitrogen and oxygen atoms in total. The van der Waals surface area contributed by atoms with Gasteiger partial charge in [0.15, 0.2) is 5.82 Å². The summed E-state index contributed by atoms with van der Waals surface area (Å²) in [4.78, 5) is 16.4. The molecular formula is C18H15N5OS. The molecule has 0 spiro atoms. The molecule has 124 valence electrons. The van der Waals surface area contributed by atoms with Crippen LogP contribution in [0.5, 0.6) is 0 Å². The molecule has 7 heteroatoms. The zero-order valence-electron chi connectivity index (χ0n) is 13.5. The Morgan fingerprint density at radius 3 is 2.76 bits per heavy atom. The molecule has 25 heavy (non-hydrogen) atoms. The number of carbonyl (C=O) groups excluding carboxylic acids is 1. The molecule has 0 aliphatic carbocycles. The smallest absolute Gasteiger partial charge is 0.234 e. The van der Waals surface area contributed by atoms with Crippen LogP contribution in [0, 0.1) is 18.3 Å². The van der Waals surface area contributed by atoms with Gasteiger partial charge in [-0.05, 0) is 19.1 Å². The maximum atomic E-state index is 12.1. The van der Waals surface area contributed by atoms with E-state index in [-0.39, 0.29) is 11.7 Å². The zero-order valence-corrected chi connectivity index (χ0v) is 14.3. The summed E-state index contributed by atoms with van der Waals surface area (Å²) in [6.07, 6.45) is 0. The SMILES string of the molecule is Cc1ccc(-c2nc(SCC(=O)Nc3ccccc3C#N)n[nH]2)cc1. The summed E-state index contributed by atoms with van der Waals surface area (Å²) >= 11 is 1.23. The number of rotatable bonds is 5. The van der Waals surface area contributed by atoms with E-state index in [1.165, 1.54) is 17.3 Å². The van der Waals surface area contributed by atoms with Crippen molar-refractivity contribution in [2.24, 2.45) is 0 Å². The minimum atomic E-state index is -0.214. The third kappa shape index (κ3) is 4.25. The maximum absolute atomic E-state index is 12.1. The van der Waals surface area contributed by atoms with Crippen molar-refractivity contribution in [3.63, 3.8) is 0 Å². The molecule has 0 bridgehead atoms. The van der Waals surface area contributed by atoms with Crippen molar-refractivity contribution in [1.82, 2.24) is 15.2 Å². The highest BCUT2D eigenvalue weighted by Gasteiger charge is 2.10. The van der Waals surface area contributed by atoms with Gasteiger partial charge in [0.2, 0.25) is 11.1 Å². The molecule has 1 amide bonds. The normalized spacial score (nSPS) is 10.2. The van der Waals surface area contributed by atoms with Crippen LogP contribution in [0.1, 0.15) is 11.1 Å². The number of amides is 1. The van der Waals surface area contributed by atoms with E-state index in [1.807, 2.05) is 37.3 Å². The van der Waals surface area contributed by atoms with E-state index in [2.05, 4.69) is 20.5 Å². The van der Waals surface area contributed by atoms with Crippen molar-refractivity contribution in [2.45, 2.75) is 12.1 Å². The average molecular weight is 349 g/mol. The van der Waals surface area contributed by atoms with E-state index in [1.54, 1.807) is 24.3 Å². The number of aryl methyl sites for hydroxylation is 1. The van der Waals surface area contributed by atoms with Gasteiger partial charge in [0.05, 0.1) is 17.0 Å². The van der Waals surface area contributed by atoms with E-state index in [0.29, 0.717) is 22.2 Å². The van der Waals surface area contributed by atoms with Crippen LogP contribution >= 0.6 is 11.8 Å². The first-order valence-corrected chi connectivity index (χ1v) is 8.55. The molecule has 0 saturated carbocycles. The lowest BCUT2D eigenvalue weighted by molar-refractivity contribution is -0.113. The van der Waals surface area contributed by atoms with Gasteiger partial charge in [-0.25, -0.2) is 4.98 Å². The number of H-pyrrole nitrogens is 1. The fourth-order valence-corrected chi connectivity index (χ4v) is 2.76. The number of hydrogen-bond acceptors (Lipinski definition) is 5. The lowest BCUT2D eigenvalue weighted by Crippen LogP contribution is -2.15. The maximum Gasteiger partial charge on any atom is 0.234 e. The number of para-hydroxylation sites is 1. The highest BCUT2D eigenvalue weighted by molar-refractivity contribution is 7.99. The predicted octanol–water partition coefficient (Wildman–Crippen LogP) is 3.38. The highest BCUT2D eigenvalue weighted by Crippen LogP contribution is 2.20.